The van der Waals surface area contributed by atoms with Gasteiger partial charge >= 0.3 is 0 Å². The summed E-state index contributed by atoms with van der Waals surface area (Å²) < 4.78 is 5.68. The van der Waals surface area contributed by atoms with E-state index in [1.807, 2.05) is 12.1 Å². The maximum atomic E-state index is 5.87. The Kier molecular flexibility index (Phi) is 2.74. The van der Waals surface area contributed by atoms with E-state index in [0.717, 1.165) is 10.5 Å². The fourth-order valence-electron chi connectivity index (χ4n) is 2.06. The number of nitrogens with two attached hydrogens (primary N) is 1. The molecular weight excluding hydrogens is 288 g/mol. The highest BCUT2D eigenvalue weighted by atomic mass is 32.2. The number of H-pyrrole nitrogens is 1. The Labute approximate surface area is 123 Å². The maximum absolute atomic E-state index is 5.87. The van der Waals surface area contributed by atoms with Crippen molar-refractivity contribution in [1.82, 2.24) is 24.9 Å². The second kappa shape index (κ2) is 4.74. The number of oxazole rings is 1. The number of hydrogen-bond acceptors (Lipinski definition) is 7. The van der Waals surface area contributed by atoms with Crippen molar-refractivity contribution >= 4 is 39.7 Å². The molecule has 1 aromatic carbocycles. The summed E-state index contributed by atoms with van der Waals surface area (Å²) in [5, 5.41) is 0.813. The number of aromatic amines is 1. The first kappa shape index (κ1) is 12.2. The fourth-order valence-corrected chi connectivity index (χ4v) is 2.86. The van der Waals surface area contributed by atoms with E-state index in [4.69, 9.17) is 10.2 Å². The first-order valence-electron chi connectivity index (χ1n) is 6.22. The standard InChI is InChI=1S/C13H10N6OS/c14-7-2-1-3-8-10(7)19-9(20-8)4-21-13-11-12(16-5-15-11)17-6-18-13/h1-3,5-6H,4,14H2,(H,15,16,17,18). The lowest BCUT2D eigenvalue weighted by atomic mass is 10.3. The predicted molar refractivity (Wildman–Crippen MR) is 79.7 cm³/mol. The first-order valence-corrected chi connectivity index (χ1v) is 7.20. The molecule has 0 aliphatic heterocycles. The largest absolute Gasteiger partial charge is 0.440 e. The quantitative estimate of drug-likeness (QED) is 0.339. The van der Waals surface area contributed by atoms with Crippen molar-refractivity contribution in [3.8, 4) is 0 Å². The van der Waals surface area contributed by atoms with Crippen molar-refractivity contribution < 1.29 is 4.42 Å². The number of aromatic nitrogens is 5. The van der Waals surface area contributed by atoms with Gasteiger partial charge < -0.3 is 15.1 Å². The normalized spacial score (nSPS) is 11.4. The molecule has 0 aliphatic carbocycles. The fraction of sp³-hybridized carbons (Fsp3) is 0.0769. The van der Waals surface area contributed by atoms with E-state index < -0.39 is 0 Å². The second-order valence-electron chi connectivity index (χ2n) is 4.37. The van der Waals surface area contributed by atoms with Crippen molar-refractivity contribution in [2.45, 2.75) is 10.8 Å². The third kappa shape index (κ3) is 2.09. The SMILES string of the molecule is Nc1cccc2oc(CSc3ncnc4nc[nH]c34)nc12. The van der Waals surface area contributed by atoms with Crippen molar-refractivity contribution in [3.05, 3.63) is 36.7 Å². The molecule has 21 heavy (non-hydrogen) atoms. The minimum atomic E-state index is 0.555. The summed E-state index contributed by atoms with van der Waals surface area (Å²) in [7, 11) is 0. The van der Waals surface area contributed by atoms with E-state index >= 15 is 0 Å². The van der Waals surface area contributed by atoms with Crippen LogP contribution in [0.25, 0.3) is 22.3 Å². The molecule has 0 bridgehead atoms. The molecule has 0 unspecified atom stereocenters. The molecule has 0 radical (unpaired) electrons. The number of nitrogens with zero attached hydrogens (tertiary/aromatic N) is 4. The number of nitrogens with one attached hydrogen (secondary N) is 1. The van der Waals surface area contributed by atoms with Crippen LogP contribution < -0.4 is 5.73 Å². The zero-order valence-corrected chi connectivity index (χ0v) is 11.6. The Morgan fingerprint density at radius 2 is 2.19 bits per heavy atom. The zero-order valence-electron chi connectivity index (χ0n) is 10.8. The second-order valence-corrected chi connectivity index (χ2v) is 5.33. The number of fused-ring (bicyclic) bond motifs is 2. The number of rotatable bonds is 3. The average Bonchev–Trinajstić information content (AvgIpc) is 3.12. The number of nitrogen functional groups attached to an aromatic ring is 1. The van der Waals surface area contributed by atoms with Crippen molar-refractivity contribution in [2.24, 2.45) is 0 Å². The van der Waals surface area contributed by atoms with Crippen LogP contribution in [-0.2, 0) is 5.75 Å². The van der Waals surface area contributed by atoms with Gasteiger partial charge in [0.1, 0.15) is 22.4 Å². The number of anilines is 1. The van der Waals surface area contributed by atoms with Gasteiger partial charge in [-0.25, -0.2) is 19.9 Å². The smallest absolute Gasteiger partial charge is 0.205 e. The molecule has 4 rings (SSSR count). The molecule has 0 atom stereocenters. The molecule has 0 saturated carbocycles. The van der Waals surface area contributed by atoms with Crippen LogP contribution in [0.2, 0.25) is 0 Å². The van der Waals surface area contributed by atoms with Crippen LogP contribution in [0.1, 0.15) is 5.89 Å². The number of imidazole rings is 1. The Hall–Kier alpha value is -2.61. The van der Waals surface area contributed by atoms with Crippen LogP contribution in [0.4, 0.5) is 5.69 Å². The molecular formula is C13H10N6OS. The van der Waals surface area contributed by atoms with Crippen LogP contribution >= 0.6 is 11.8 Å². The van der Waals surface area contributed by atoms with Crippen molar-refractivity contribution in [3.63, 3.8) is 0 Å². The van der Waals surface area contributed by atoms with Crippen LogP contribution in [0, 0.1) is 0 Å². The summed E-state index contributed by atoms with van der Waals surface area (Å²) in [5.41, 5.74) is 9.35. The predicted octanol–water partition coefficient (Wildman–Crippen LogP) is 2.37. The van der Waals surface area contributed by atoms with Gasteiger partial charge in [0, 0.05) is 0 Å². The third-order valence-corrected chi connectivity index (χ3v) is 3.99. The van der Waals surface area contributed by atoms with Gasteiger partial charge in [-0.15, -0.1) is 0 Å². The van der Waals surface area contributed by atoms with E-state index in [-0.39, 0.29) is 0 Å². The van der Waals surface area contributed by atoms with Gasteiger partial charge in [-0.05, 0) is 12.1 Å². The Balaban J connectivity index is 1.63. The molecule has 0 saturated heterocycles. The molecule has 0 amide bonds. The van der Waals surface area contributed by atoms with Crippen molar-refractivity contribution in [2.75, 3.05) is 5.73 Å². The highest BCUT2D eigenvalue weighted by Gasteiger charge is 2.11. The van der Waals surface area contributed by atoms with E-state index in [2.05, 4.69) is 24.9 Å². The molecule has 7 nitrogen and oxygen atoms in total. The molecule has 0 spiro atoms. The lowest BCUT2D eigenvalue weighted by Gasteiger charge is -1.98. The monoisotopic (exact) mass is 298 g/mol. The molecule has 0 aliphatic rings. The van der Waals surface area contributed by atoms with Crippen LogP contribution in [-0.4, -0.2) is 24.9 Å². The molecule has 8 heteroatoms. The maximum Gasteiger partial charge on any atom is 0.205 e. The Morgan fingerprint density at radius 1 is 1.24 bits per heavy atom. The van der Waals surface area contributed by atoms with Gasteiger partial charge in [0.25, 0.3) is 0 Å². The van der Waals surface area contributed by atoms with Crippen LogP contribution in [0.15, 0.2) is 40.3 Å². The highest BCUT2D eigenvalue weighted by Crippen LogP contribution is 2.28. The van der Waals surface area contributed by atoms with E-state index in [1.54, 1.807) is 12.4 Å². The van der Waals surface area contributed by atoms with Gasteiger partial charge in [0.2, 0.25) is 5.89 Å². The summed E-state index contributed by atoms with van der Waals surface area (Å²) in [4.78, 5) is 19.9. The number of hydrogen-bond donors (Lipinski definition) is 2. The summed E-state index contributed by atoms with van der Waals surface area (Å²) in [5.74, 6) is 1.17. The van der Waals surface area contributed by atoms with Crippen LogP contribution in [0.5, 0.6) is 0 Å². The van der Waals surface area contributed by atoms with Gasteiger partial charge in [0.15, 0.2) is 11.2 Å². The lowest BCUT2D eigenvalue weighted by Crippen LogP contribution is -1.88. The zero-order chi connectivity index (χ0) is 14.2. The lowest BCUT2D eigenvalue weighted by molar-refractivity contribution is 0.556. The van der Waals surface area contributed by atoms with Gasteiger partial charge in [0.05, 0.1) is 17.8 Å². The summed E-state index contributed by atoms with van der Waals surface area (Å²) in [6, 6.07) is 5.50. The first-order chi connectivity index (χ1) is 10.3. The van der Waals surface area contributed by atoms with E-state index in [1.165, 1.54) is 18.1 Å². The van der Waals surface area contributed by atoms with Crippen LogP contribution in [0.3, 0.4) is 0 Å². The molecule has 3 aromatic heterocycles. The highest BCUT2D eigenvalue weighted by molar-refractivity contribution is 7.98. The summed E-state index contributed by atoms with van der Waals surface area (Å²) in [6.07, 6.45) is 3.10. The molecule has 104 valence electrons. The van der Waals surface area contributed by atoms with E-state index in [0.29, 0.717) is 34.1 Å². The molecule has 3 N–H and O–H groups in total. The molecule has 4 aromatic rings. The Morgan fingerprint density at radius 3 is 3.10 bits per heavy atom. The molecule has 3 heterocycles. The number of benzene rings is 1. The number of thioether (sulfide) groups is 1. The topological polar surface area (TPSA) is 107 Å². The minimum absolute atomic E-state index is 0.555. The third-order valence-electron chi connectivity index (χ3n) is 3.02. The van der Waals surface area contributed by atoms with Crippen molar-refractivity contribution in [1.29, 1.82) is 0 Å². The molecule has 0 fully saturated rings. The number of para-hydroxylation sites is 1. The van der Waals surface area contributed by atoms with Gasteiger partial charge in [-0.3, -0.25) is 0 Å². The van der Waals surface area contributed by atoms with Gasteiger partial charge in [-0.2, -0.15) is 0 Å². The summed E-state index contributed by atoms with van der Waals surface area (Å²) >= 11 is 1.51. The minimum Gasteiger partial charge on any atom is -0.440 e. The average molecular weight is 298 g/mol. The Bertz CT molecular complexity index is 931. The van der Waals surface area contributed by atoms with E-state index in [9.17, 15) is 0 Å². The summed E-state index contributed by atoms with van der Waals surface area (Å²) in [6.45, 7) is 0. The van der Waals surface area contributed by atoms with Gasteiger partial charge in [-0.1, -0.05) is 17.8 Å².